The molecule has 1 atom stereocenters. The molecule has 0 spiro atoms. The highest BCUT2D eigenvalue weighted by atomic mass is 16.4. The predicted molar refractivity (Wildman–Crippen MR) is 79.9 cm³/mol. The molecule has 1 saturated carbocycles. The molecule has 1 unspecified atom stereocenters. The molecule has 1 amide bonds. The van der Waals surface area contributed by atoms with Crippen molar-refractivity contribution in [3.05, 3.63) is 35.4 Å². The van der Waals surface area contributed by atoms with Gasteiger partial charge in [-0.3, -0.25) is 9.59 Å². The van der Waals surface area contributed by atoms with E-state index in [4.69, 9.17) is 5.11 Å². The Balaban J connectivity index is 1.66. The lowest BCUT2D eigenvalue weighted by atomic mass is 10.0. The van der Waals surface area contributed by atoms with E-state index in [1.807, 2.05) is 24.3 Å². The molecule has 21 heavy (non-hydrogen) atoms. The molecule has 0 bridgehead atoms. The number of rotatable bonds is 8. The monoisotopic (exact) mass is 290 g/mol. The van der Waals surface area contributed by atoms with Gasteiger partial charge < -0.3 is 15.7 Å². The fourth-order valence-corrected chi connectivity index (χ4v) is 2.06. The van der Waals surface area contributed by atoms with Crippen LogP contribution in [0.1, 0.15) is 36.8 Å². The lowest BCUT2D eigenvalue weighted by Gasteiger charge is -2.09. The number of hydrogen-bond donors (Lipinski definition) is 3. The molecule has 114 valence electrons. The smallest absolute Gasteiger partial charge is 0.310 e. The van der Waals surface area contributed by atoms with Crippen molar-refractivity contribution in [3.8, 4) is 0 Å². The topological polar surface area (TPSA) is 78.4 Å². The lowest BCUT2D eigenvalue weighted by Crippen LogP contribution is -2.32. The van der Waals surface area contributed by atoms with Crippen LogP contribution in [0.15, 0.2) is 24.3 Å². The Bertz CT molecular complexity index is 495. The van der Waals surface area contributed by atoms with Crippen molar-refractivity contribution in [1.29, 1.82) is 0 Å². The van der Waals surface area contributed by atoms with Crippen molar-refractivity contribution >= 4 is 11.9 Å². The molecule has 0 saturated heterocycles. The van der Waals surface area contributed by atoms with E-state index in [0.29, 0.717) is 13.1 Å². The fourth-order valence-electron chi connectivity index (χ4n) is 2.06. The Hall–Kier alpha value is -1.88. The fraction of sp³-hybridized carbons (Fsp3) is 0.500. The van der Waals surface area contributed by atoms with E-state index >= 15 is 0 Å². The second-order valence-corrected chi connectivity index (χ2v) is 5.54. The summed E-state index contributed by atoms with van der Waals surface area (Å²) in [6.07, 6.45) is 2.06. The first kappa shape index (κ1) is 15.5. The first-order valence-electron chi connectivity index (χ1n) is 7.38. The highest BCUT2D eigenvalue weighted by Crippen LogP contribution is 2.28. The van der Waals surface area contributed by atoms with E-state index in [1.54, 1.807) is 6.92 Å². The molecule has 2 rings (SSSR count). The van der Waals surface area contributed by atoms with Crippen molar-refractivity contribution in [3.63, 3.8) is 0 Å². The SMILES string of the molecule is CC(C(=O)O)c1ccc(CNCCNC(=O)C2CC2)cc1. The van der Waals surface area contributed by atoms with Gasteiger partial charge >= 0.3 is 5.97 Å². The van der Waals surface area contributed by atoms with Crippen LogP contribution in [0.25, 0.3) is 0 Å². The minimum absolute atomic E-state index is 0.170. The van der Waals surface area contributed by atoms with Crippen LogP contribution in [0.2, 0.25) is 0 Å². The van der Waals surface area contributed by atoms with Gasteiger partial charge in [-0.05, 0) is 30.9 Å². The maximum Gasteiger partial charge on any atom is 0.310 e. The van der Waals surface area contributed by atoms with Crippen LogP contribution in [0.3, 0.4) is 0 Å². The molecule has 3 N–H and O–H groups in total. The van der Waals surface area contributed by atoms with E-state index in [1.165, 1.54) is 0 Å². The van der Waals surface area contributed by atoms with Crippen LogP contribution in [0.4, 0.5) is 0 Å². The third-order valence-electron chi connectivity index (χ3n) is 3.73. The maximum atomic E-state index is 11.4. The zero-order chi connectivity index (χ0) is 15.2. The Morgan fingerprint density at radius 1 is 1.24 bits per heavy atom. The summed E-state index contributed by atoms with van der Waals surface area (Å²) >= 11 is 0. The molecule has 0 aromatic heterocycles. The van der Waals surface area contributed by atoms with Crippen molar-refractivity contribution in [1.82, 2.24) is 10.6 Å². The van der Waals surface area contributed by atoms with Crippen molar-refractivity contribution < 1.29 is 14.7 Å². The summed E-state index contributed by atoms with van der Waals surface area (Å²) in [5, 5.41) is 15.1. The van der Waals surface area contributed by atoms with Gasteiger partial charge in [0.25, 0.3) is 0 Å². The number of carbonyl (C=O) groups is 2. The first-order chi connectivity index (χ1) is 10.1. The highest BCUT2D eigenvalue weighted by molar-refractivity contribution is 5.80. The van der Waals surface area contributed by atoms with E-state index in [0.717, 1.165) is 30.5 Å². The van der Waals surface area contributed by atoms with Gasteiger partial charge in [-0.25, -0.2) is 0 Å². The van der Waals surface area contributed by atoms with Crippen LogP contribution in [0.5, 0.6) is 0 Å². The lowest BCUT2D eigenvalue weighted by molar-refractivity contribution is -0.138. The first-order valence-corrected chi connectivity index (χ1v) is 7.38. The molecule has 0 heterocycles. The number of carboxylic acid groups (broad SMARTS) is 1. The van der Waals surface area contributed by atoms with Crippen LogP contribution in [-0.2, 0) is 16.1 Å². The minimum Gasteiger partial charge on any atom is -0.481 e. The normalized spacial score (nSPS) is 15.5. The minimum atomic E-state index is -0.813. The molecule has 1 aliphatic carbocycles. The average Bonchev–Trinajstić information content (AvgIpc) is 3.31. The molecule has 1 aromatic carbocycles. The Labute approximate surface area is 124 Å². The van der Waals surface area contributed by atoms with E-state index < -0.39 is 11.9 Å². The molecule has 5 heteroatoms. The van der Waals surface area contributed by atoms with Gasteiger partial charge in [0, 0.05) is 25.6 Å². The van der Waals surface area contributed by atoms with Gasteiger partial charge in [-0.1, -0.05) is 24.3 Å². The van der Waals surface area contributed by atoms with E-state index in [9.17, 15) is 9.59 Å². The van der Waals surface area contributed by atoms with Crippen LogP contribution < -0.4 is 10.6 Å². The number of aliphatic carboxylic acids is 1. The Morgan fingerprint density at radius 2 is 1.90 bits per heavy atom. The summed E-state index contributed by atoms with van der Waals surface area (Å²) in [4.78, 5) is 22.3. The van der Waals surface area contributed by atoms with Crippen molar-refractivity contribution in [2.45, 2.75) is 32.2 Å². The average molecular weight is 290 g/mol. The van der Waals surface area contributed by atoms with E-state index in [2.05, 4.69) is 10.6 Å². The quantitative estimate of drug-likeness (QED) is 0.634. The number of benzene rings is 1. The molecule has 0 radical (unpaired) electrons. The second-order valence-electron chi connectivity index (χ2n) is 5.54. The molecule has 5 nitrogen and oxygen atoms in total. The van der Waals surface area contributed by atoms with Gasteiger partial charge in [0.05, 0.1) is 5.92 Å². The second kappa shape index (κ2) is 7.22. The molecule has 0 aliphatic heterocycles. The molecule has 1 aromatic rings. The summed E-state index contributed by atoms with van der Waals surface area (Å²) in [6.45, 7) is 3.76. The maximum absolute atomic E-state index is 11.4. The number of nitrogens with one attached hydrogen (secondary N) is 2. The molecular formula is C16H22N2O3. The zero-order valence-electron chi connectivity index (χ0n) is 12.3. The number of amides is 1. The summed E-state index contributed by atoms with van der Waals surface area (Å²) in [5.74, 6) is -0.866. The van der Waals surface area contributed by atoms with Gasteiger partial charge in [0.1, 0.15) is 0 Å². The largest absolute Gasteiger partial charge is 0.481 e. The van der Waals surface area contributed by atoms with Gasteiger partial charge in [0.15, 0.2) is 0 Å². The van der Waals surface area contributed by atoms with Crippen LogP contribution >= 0.6 is 0 Å². The Morgan fingerprint density at radius 3 is 2.48 bits per heavy atom. The van der Waals surface area contributed by atoms with Gasteiger partial charge in [0.2, 0.25) is 5.91 Å². The third kappa shape index (κ3) is 4.86. The van der Waals surface area contributed by atoms with Gasteiger partial charge in [-0.15, -0.1) is 0 Å². The summed E-state index contributed by atoms with van der Waals surface area (Å²) < 4.78 is 0. The number of hydrogen-bond acceptors (Lipinski definition) is 3. The molecule has 1 fully saturated rings. The standard InChI is InChI=1S/C16H22N2O3/c1-11(16(20)21)13-4-2-12(3-5-13)10-17-8-9-18-15(19)14-6-7-14/h2-5,11,14,17H,6-10H2,1H3,(H,18,19)(H,20,21). The molecular weight excluding hydrogens is 268 g/mol. The van der Waals surface area contributed by atoms with Gasteiger partial charge in [-0.2, -0.15) is 0 Å². The number of carboxylic acids is 1. The summed E-state index contributed by atoms with van der Waals surface area (Å²) in [6, 6.07) is 7.57. The zero-order valence-corrected chi connectivity index (χ0v) is 12.3. The van der Waals surface area contributed by atoms with Crippen LogP contribution in [-0.4, -0.2) is 30.1 Å². The third-order valence-corrected chi connectivity index (χ3v) is 3.73. The van der Waals surface area contributed by atoms with E-state index in [-0.39, 0.29) is 11.8 Å². The number of carbonyl (C=O) groups excluding carboxylic acids is 1. The predicted octanol–water partition coefficient (Wildman–Crippen LogP) is 1.49. The molecule has 1 aliphatic rings. The highest BCUT2D eigenvalue weighted by Gasteiger charge is 2.28. The Kier molecular flexibility index (Phi) is 5.33. The summed E-state index contributed by atoms with van der Waals surface area (Å²) in [7, 11) is 0. The summed E-state index contributed by atoms with van der Waals surface area (Å²) in [5.41, 5.74) is 1.91. The van der Waals surface area contributed by atoms with Crippen molar-refractivity contribution in [2.24, 2.45) is 5.92 Å². The van der Waals surface area contributed by atoms with Crippen molar-refractivity contribution in [2.75, 3.05) is 13.1 Å². The van der Waals surface area contributed by atoms with Crippen LogP contribution in [0, 0.1) is 5.92 Å².